The van der Waals surface area contributed by atoms with Gasteiger partial charge in [0.25, 0.3) is 0 Å². The van der Waals surface area contributed by atoms with Crippen molar-refractivity contribution >= 4 is 0 Å². The first-order valence-corrected chi connectivity index (χ1v) is 4.82. The molecule has 1 nitrogen and oxygen atoms in total. The van der Waals surface area contributed by atoms with Gasteiger partial charge in [-0.2, -0.15) is 13.2 Å². The maximum absolute atomic E-state index is 12.5. The van der Waals surface area contributed by atoms with Gasteiger partial charge in [0.1, 0.15) is 12.4 Å². The molecule has 0 radical (unpaired) electrons. The molecule has 15 heavy (non-hydrogen) atoms. The van der Waals surface area contributed by atoms with E-state index in [1.54, 1.807) is 12.2 Å². The zero-order chi connectivity index (χ0) is 11.7. The number of hydrogen-bond donors (Lipinski definition) is 0. The Bertz CT molecular complexity index is 287. The molecule has 0 N–H and O–H groups in total. The van der Waals surface area contributed by atoms with Crippen molar-refractivity contribution in [2.24, 2.45) is 11.3 Å². The van der Waals surface area contributed by atoms with Crippen molar-refractivity contribution in [1.82, 2.24) is 0 Å². The average molecular weight is 220 g/mol. The lowest BCUT2D eigenvalue weighted by Gasteiger charge is -2.27. The Labute approximate surface area is 87.6 Å². The molecule has 1 rings (SSSR count). The van der Waals surface area contributed by atoms with Crippen molar-refractivity contribution in [1.29, 1.82) is 0 Å². The van der Waals surface area contributed by atoms with Crippen LogP contribution in [0.15, 0.2) is 24.0 Å². The number of ether oxygens (including phenoxy) is 1. The Hall–Kier alpha value is -0.930. The molecule has 0 aliphatic heterocycles. The number of halogens is 3. The van der Waals surface area contributed by atoms with E-state index in [4.69, 9.17) is 4.74 Å². The van der Waals surface area contributed by atoms with E-state index in [0.29, 0.717) is 5.76 Å². The van der Waals surface area contributed by atoms with Crippen molar-refractivity contribution in [2.45, 2.75) is 26.9 Å². The summed E-state index contributed by atoms with van der Waals surface area (Å²) in [6.45, 7) is 3.87. The van der Waals surface area contributed by atoms with Crippen molar-refractivity contribution in [3.63, 3.8) is 0 Å². The molecule has 1 unspecified atom stereocenters. The fourth-order valence-electron chi connectivity index (χ4n) is 1.06. The summed E-state index contributed by atoms with van der Waals surface area (Å²) < 4.78 is 42.5. The van der Waals surface area contributed by atoms with Crippen LogP contribution >= 0.6 is 0 Å². The molecule has 0 saturated heterocycles. The van der Waals surface area contributed by atoms with E-state index in [0.717, 1.165) is 13.8 Å². The summed E-state index contributed by atoms with van der Waals surface area (Å²) in [7, 11) is 0. The van der Waals surface area contributed by atoms with Crippen LogP contribution < -0.4 is 0 Å². The third-order valence-electron chi connectivity index (χ3n) is 2.36. The van der Waals surface area contributed by atoms with Crippen LogP contribution in [0.1, 0.15) is 20.8 Å². The van der Waals surface area contributed by atoms with E-state index >= 15 is 0 Å². The third-order valence-corrected chi connectivity index (χ3v) is 2.36. The molecule has 1 aliphatic rings. The van der Waals surface area contributed by atoms with Crippen LogP contribution in [0.3, 0.4) is 0 Å². The highest BCUT2D eigenvalue weighted by atomic mass is 19.4. The zero-order valence-electron chi connectivity index (χ0n) is 9.06. The molecule has 1 aliphatic carbocycles. The monoisotopic (exact) mass is 220 g/mol. The number of rotatable bonds is 3. The van der Waals surface area contributed by atoms with Crippen LogP contribution in [0, 0.1) is 11.3 Å². The van der Waals surface area contributed by atoms with E-state index in [9.17, 15) is 13.2 Å². The highest BCUT2D eigenvalue weighted by Crippen LogP contribution is 2.38. The number of allylic oxidation sites excluding steroid dienone is 3. The topological polar surface area (TPSA) is 9.23 Å². The van der Waals surface area contributed by atoms with Crippen molar-refractivity contribution in [2.75, 3.05) is 6.61 Å². The molecule has 0 fully saturated rings. The molecular formula is C11H15F3O. The van der Waals surface area contributed by atoms with Gasteiger partial charge in [-0.3, -0.25) is 0 Å². The first kappa shape index (κ1) is 12.1. The van der Waals surface area contributed by atoms with E-state index in [2.05, 4.69) is 0 Å². The second-order valence-corrected chi connectivity index (χ2v) is 4.46. The summed E-state index contributed by atoms with van der Waals surface area (Å²) in [5, 5.41) is 0. The third kappa shape index (κ3) is 3.01. The van der Waals surface area contributed by atoms with E-state index in [-0.39, 0.29) is 12.5 Å². The molecule has 0 aromatic heterocycles. The predicted molar refractivity (Wildman–Crippen MR) is 52.2 cm³/mol. The fourth-order valence-corrected chi connectivity index (χ4v) is 1.06. The Balaban J connectivity index is 2.51. The van der Waals surface area contributed by atoms with Gasteiger partial charge in [0.2, 0.25) is 0 Å². The molecule has 4 heteroatoms. The van der Waals surface area contributed by atoms with Gasteiger partial charge >= 0.3 is 6.18 Å². The zero-order valence-corrected chi connectivity index (χ0v) is 9.06. The number of alkyl halides is 3. The average Bonchev–Trinajstić information content (AvgIpc) is 2.46. The van der Waals surface area contributed by atoms with E-state index in [1.807, 2.05) is 13.0 Å². The quantitative estimate of drug-likeness (QED) is 0.705. The summed E-state index contributed by atoms with van der Waals surface area (Å²) >= 11 is 0. The first-order chi connectivity index (χ1) is 6.72. The Morgan fingerprint density at radius 3 is 2.33 bits per heavy atom. The Morgan fingerprint density at radius 2 is 1.93 bits per heavy atom. The van der Waals surface area contributed by atoms with Crippen LogP contribution in [0.4, 0.5) is 13.2 Å². The SMILES string of the molecule is CC1C=CC(OCC(C)(C)C(F)(F)F)=C1. The summed E-state index contributed by atoms with van der Waals surface area (Å²) in [5.41, 5.74) is -1.81. The van der Waals surface area contributed by atoms with E-state index < -0.39 is 11.6 Å². The minimum atomic E-state index is -4.23. The molecule has 86 valence electrons. The van der Waals surface area contributed by atoms with Crippen LogP contribution in [-0.2, 0) is 4.74 Å². The van der Waals surface area contributed by atoms with Gasteiger partial charge in [0.15, 0.2) is 0 Å². The molecule has 0 aromatic rings. The largest absolute Gasteiger partial charge is 0.493 e. The first-order valence-electron chi connectivity index (χ1n) is 4.82. The standard InChI is InChI=1S/C11H15F3O/c1-8-4-5-9(6-8)15-7-10(2,3)11(12,13)14/h4-6,8H,7H2,1-3H3. The molecule has 1 atom stereocenters. The summed E-state index contributed by atoms with van der Waals surface area (Å²) in [4.78, 5) is 0. The molecule has 0 amide bonds. The lowest BCUT2D eigenvalue weighted by Crippen LogP contribution is -2.36. The lowest BCUT2D eigenvalue weighted by atomic mass is 9.94. The molecule has 0 heterocycles. The molecular weight excluding hydrogens is 205 g/mol. The van der Waals surface area contributed by atoms with Gasteiger partial charge in [-0.25, -0.2) is 0 Å². The van der Waals surface area contributed by atoms with Gasteiger partial charge in [-0.1, -0.05) is 13.0 Å². The minimum Gasteiger partial charge on any atom is -0.493 e. The van der Waals surface area contributed by atoms with Gasteiger partial charge < -0.3 is 4.74 Å². The molecule has 0 saturated carbocycles. The summed E-state index contributed by atoms with van der Waals surface area (Å²) in [6.07, 6.45) is 1.15. The Morgan fingerprint density at radius 1 is 1.33 bits per heavy atom. The summed E-state index contributed by atoms with van der Waals surface area (Å²) in [5.74, 6) is 0.772. The van der Waals surface area contributed by atoms with Gasteiger partial charge in [-0.05, 0) is 31.9 Å². The molecule has 0 spiro atoms. The lowest BCUT2D eigenvalue weighted by molar-refractivity contribution is -0.223. The second-order valence-electron chi connectivity index (χ2n) is 4.46. The highest BCUT2D eigenvalue weighted by Gasteiger charge is 2.48. The predicted octanol–water partition coefficient (Wildman–Crippen LogP) is 3.68. The summed E-state index contributed by atoms with van der Waals surface area (Å²) in [6, 6.07) is 0. The smallest absolute Gasteiger partial charge is 0.397 e. The highest BCUT2D eigenvalue weighted by molar-refractivity contribution is 5.23. The van der Waals surface area contributed by atoms with E-state index in [1.165, 1.54) is 0 Å². The fraction of sp³-hybridized carbons (Fsp3) is 0.636. The number of hydrogen-bond acceptors (Lipinski definition) is 1. The minimum absolute atomic E-state index is 0.244. The van der Waals surface area contributed by atoms with Crippen molar-refractivity contribution in [3.8, 4) is 0 Å². The van der Waals surface area contributed by atoms with Gasteiger partial charge in [-0.15, -0.1) is 0 Å². The molecule has 0 bridgehead atoms. The van der Waals surface area contributed by atoms with Crippen LogP contribution in [0.5, 0.6) is 0 Å². The van der Waals surface area contributed by atoms with Gasteiger partial charge in [0.05, 0.1) is 5.41 Å². The normalized spacial score (nSPS) is 21.7. The van der Waals surface area contributed by atoms with Crippen LogP contribution in [0.25, 0.3) is 0 Å². The Kier molecular flexibility index (Phi) is 3.16. The van der Waals surface area contributed by atoms with Crippen LogP contribution in [-0.4, -0.2) is 12.8 Å². The molecule has 0 aromatic carbocycles. The maximum atomic E-state index is 12.5. The van der Waals surface area contributed by atoms with Crippen LogP contribution in [0.2, 0.25) is 0 Å². The van der Waals surface area contributed by atoms with Crippen molar-refractivity contribution in [3.05, 3.63) is 24.0 Å². The maximum Gasteiger partial charge on any atom is 0.397 e. The second kappa shape index (κ2) is 3.91. The van der Waals surface area contributed by atoms with Gasteiger partial charge in [0, 0.05) is 0 Å². The van der Waals surface area contributed by atoms with Crippen molar-refractivity contribution < 1.29 is 17.9 Å².